The normalized spacial score (nSPS) is 17.5. The maximum absolute atomic E-state index is 12.7. The van der Waals surface area contributed by atoms with Crippen molar-refractivity contribution in [3.05, 3.63) is 69.7 Å². The number of carbonyl (C=O) groups is 1. The van der Waals surface area contributed by atoms with Crippen molar-refractivity contribution < 1.29 is 9.53 Å². The number of benzene rings is 2. The molecule has 1 aliphatic heterocycles. The van der Waals surface area contributed by atoms with Crippen molar-refractivity contribution in [3.8, 4) is 0 Å². The van der Waals surface area contributed by atoms with Gasteiger partial charge in [-0.3, -0.25) is 0 Å². The molecule has 3 nitrogen and oxygen atoms in total. The van der Waals surface area contributed by atoms with Crippen molar-refractivity contribution in [3.63, 3.8) is 0 Å². The highest BCUT2D eigenvalue weighted by molar-refractivity contribution is 6.36. The third-order valence-electron chi connectivity index (χ3n) is 4.53. The Hall–Kier alpha value is -1.55. The lowest BCUT2D eigenvalue weighted by Crippen LogP contribution is -2.43. The zero-order chi connectivity index (χ0) is 17.2. The van der Waals surface area contributed by atoms with Crippen molar-refractivity contribution in [2.24, 2.45) is 0 Å². The van der Waals surface area contributed by atoms with Gasteiger partial charge in [-0.25, -0.2) is 4.79 Å². The molecule has 2 aromatic rings. The summed E-state index contributed by atoms with van der Waals surface area (Å²) in [5.41, 5.74) is 0.750. The van der Waals surface area contributed by atoms with Crippen LogP contribution in [0.2, 0.25) is 10.0 Å². The van der Waals surface area contributed by atoms with Crippen molar-refractivity contribution in [2.45, 2.75) is 18.4 Å². The molecule has 24 heavy (non-hydrogen) atoms. The molecule has 3 rings (SSSR count). The van der Waals surface area contributed by atoms with Crippen LogP contribution in [0.25, 0.3) is 0 Å². The number of hydrogen-bond acceptors (Lipinski definition) is 3. The summed E-state index contributed by atoms with van der Waals surface area (Å²) in [4.78, 5) is 15.0. The average molecular weight is 364 g/mol. The summed E-state index contributed by atoms with van der Waals surface area (Å²) < 4.78 is 6.03. The first-order valence-corrected chi connectivity index (χ1v) is 8.68. The second-order valence-electron chi connectivity index (χ2n) is 6.18. The lowest BCUT2D eigenvalue weighted by Gasteiger charge is -2.40. The van der Waals surface area contributed by atoms with E-state index in [1.165, 1.54) is 0 Å². The number of piperidine rings is 1. The standard InChI is InChI=1S/C19H19Cl2NO2/c1-22-11-9-19(10-12-22,14-5-3-2-4-6-14)24-18(23)16-8-7-15(20)13-17(16)21/h2-8,13H,9-12H2,1H3. The highest BCUT2D eigenvalue weighted by atomic mass is 35.5. The Morgan fingerprint density at radius 1 is 1.08 bits per heavy atom. The molecule has 0 spiro atoms. The van der Waals surface area contributed by atoms with E-state index < -0.39 is 11.6 Å². The Morgan fingerprint density at radius 3 is 2.38 bits per heavy atom. The first kappa shape index (κ1) is 17.3. The fourth-order valence-electron chi connectivity index (χ4n) is 3.06. The number of ether oxygens (including phenoxy) is 1. The Labute approximate surface area is 152 Å². The van der Waals surface area contributed by atoms with Crippen LogP contribution in [-0.2, 0) is 10.3 Å². The molecule has 1 aliphatic rings. The molecule has 0 amide bonds. The van der Waals surface area contributed by atoms with Gasteiger partial charge in [0.1, 0.15) is 5.60 Å². The van der Waals surface area contributed by atoms with Crippen LogP contribution in [0.15, 0.2) is 48.5 Å². The van der Waals surface area contributed by atoms with E-state index in [4.69, 9.17) is 27.9 Å². The summed E-state index contributed by atoms with van der Waals surface area (Å²) in [6.45, 7) is 1.74. The first-order chi connectivity index (χ1) is 11.5. The predicted octanol–water partition coefficient (Wildman–Crippen LogP) is 4.77. The number of halogens is 2. The first-order valence-electron chi connectivity index (χ1n) is 7.93. The highest BCUT2D eigenvalue weighted by Gasteiger charge is 2.39. The van der Waals surface area contributed by atoms with E-state index in [2.05, 4.69) is 11.9 Å². The van der Waals surface area contributed by atoms with E-state index in [0.717, 1.165) is 31.5 Å². The van der Waals surface area contributed by atoms with Gasteiger partial charge in [-0.2, -0.15) is 0 Å². The summed E-state index contributed by atoms with van der Waals surface area (Å²) in [6.07, 6.45) is 1.51. The molecule has 1 saturated heterocycles. The fourth-order valence-corrected chi connectivity index (χ4v) is 3.54. The predicted molar refractivity (Wildman–Crippen MR) is 96.7 cm³/mol. The van der Waals surface area contributed by atoms with Gasteiger partial charge < -0.3 is 9.64 Å². The van der Waals surface area contributed by atoms with Gasteiger partial charge in [0.05, 0.1) is 10.6 Å². The van der Waals surface area contributed by atoms with Crippen LogP contribution >= 0.6 is 23.2 Å². The Bertz CT molecular complexity index is 725. The molecule has 1 heterocycles. The van der Waals surface area contributed by atoms with Crippen LogP contribution in [0.3, 0.4) is 0 Å². The Balaban J connectivity index is 1.91. The van der Waals surface area contributed by atoms with E-state index in [1.54, 1.807) is 18.2 Å². The Kier molecular flexibility index (Phi) is 5.14. The zero-order valence-corrected chi connectivity index (χ0v) is 15.0. The molecule has 126 valence electrons. The summed E-state index contributed by atoms with van der Waals surface area (Å²) in [5.74, 6) is -0.412. The molecule has 0 atom stereocenters. The molecule has 0 aromatic heterocycles. The SMILES string of the molecule is CN1CCC(OC(=O)c2ccc(Cl)cc2Cl)(c2ccccc2)CC1. The van der Waals surface area contributed by atoms with Gasteiger partial charge in [0, 0.05) is 31.0 Å². The molecular formula is C19H19Cl2NO2. The van der Waals surface area contributed by atoms with E-state index in [0.29, 0.717) is 15.6 Å². The number of hydrogen-bond donors (Lipinski definition) is 0. The van der Waals surface area contributed by atoms with Crippen LogP contribution in [0, 0.1) is 0 Å². The topological polar surface area (TPSA) is 29.5 Å². The minimum absolute atomic E-state index is 0.309. The van der Waals surface area contributed by atoms with E-state index in [1.807, 2.05) is 30.3 Å². The molecule has 0 unspecified atom stereocenters. The molecule has 1 fully saturated rings. The van der Waals surface area contributed by atoms with Gasteiger partial charge in [-0.05, 0) is 30.8 Å². The third-order valence-corrected chi connectivity index (χ3v) is 5.08. The summed E-state index contributed by atoms with van der Waals surface area (Å²) >= 11 is 12.1. The van der Waals surface area contributed by atoms with E-state index in [9.17, 15) is 4.79 Å². The van der Waals surface area contributed by atoms with Crippen molar-refractivity contribution in [2.75, 3.05) is 20.1 Å². The number of likely N-dealkylation sites (tertiary alicyclic amines) is 1. The van der Waals surface area contributed by atoms with Crippen molar-refractivity contribution in [1.82, 2.24) is 4.90 Å². The van der Waals surface area contributed by atoms with E-state index in [-0.39, 0.29) is 0 Å². The van der Waals surface area contributed by atoms with Gasteiger partial charge in [0.15, 0.2) is 0 Å². The molecular weight excluding hydrogens is 345 g/mol. The van der Waals surface area contributed by atoms with Gasteiger partial charge in [-0.1, -0.05) is 53.5 Å². The van der Waals surface area contributed by atoms with Gasteiger partial charge in [0.2, 0.25) is 0 Å². The zero-order valence-electron chi connectivity index (χ0n) is 13.5. The largest absolute Gasteiger partial charge is 0.450 e. The lowest BCUT2D eigenvalue weighted by molar-refractivity contribution is -0.0523. The van der Waals surface area contributed by atoms with Crippen molar-refractivity contribution in [1.29, 1.82) is 0 Å². The number of esters is 1. The number of rotatable bonds is 3. The molecule has 0 radical (unpaired) electrons. The minimum Gasteiger partial charge on any atom is -0.450 e. The monoisotopic (exact) mass is 363 g/mol. The second kappa shape index (κ2) is 7.14. The maximum atomic E-state index is 12.7. The molecule has 0 saturated carbocycles. The van der Waals surface area contributed by atoms with Crippen LogP contribution in [0.1, 0.15) is 28.8 Å². The van der Waals surface area contributed by atoms with Crippen LogP contribution in [0.4, 0.5) is 0 Å². The smallest absolute Gasteiger partial charge is 0.340 e. The highest BCUT2D eigenvalue weighted by Crippen LogP contribution is 2.38. The minimum atomic E-state index is -0.617. The number of carbonyl (C=O) groups excluding carboxylic acids is 1. The number of nitrogens with zero attached hydrogens (tertiary/aromatic N) is 1. The second-order valence-corrected chi connectivity index (χ2v) is 7.02. The van der Waals surface area contributed by atoms with E-state index >= 15 is 0 Å². The maximum Gasteiger partial charge on any atom is 0.340 e. The third kappa shape index (κ3) is 3.59. The lowest BCUT2D eigenvalue weighted by atomic mass is 9.84. The average Bonchev–Trinajstić information content (AvgIpc) is 2.58. The molecule has 0 aliphatic carbocycles. The fraction of sp³-hybridized carbons (Fsp3) is 0.316. The van der Waals surface area contributed by atoms with Crippen LogP contribution < -0.4 is 0 Å². The van der Waals surface area contributed by atoms with Gasteiger partial charge in [-0.15, -0.1) is 0 Å². The van der Waals surface area contributed by atoms with Gasteiger partial charge >= 0.3 is 5.97 Å². The molecule has 5 heteroatoms. The van der Waals surface area contributed by atoms with Crippen LogP contribution in [0.5, 0.6) is 0 Å². The summed E-state index contributed by atoms with van der Waals surface area (Å²) in [6, 6.07) is 14.8. The quantitative estimate of drug-likeness (QED) is 0.735. The molecule has 2 aromatic carbocycles. The molecule has 0 N–H and O–H groups in total. The Morgan fingerprint density at radius 2 is 1.75 bits per heavy atom. The van der Waals surface area contributed by atoms with Crippen molar-refractivity contribution >= 4 is 29.2 Å². The van der Waals surface area contributed by atoms with Gasteiger partial charge in [0.25, 0.3) is 0 Å². The molecule has 0 bridgehead atoms. The van der Waals surface area contributed by atoms with Crippen LogP contribution in [-0.4, -0.2) is 31.0 Å². The summed E-state index contributed by atoms with van der Waals surface area (Å²) in [7, 11) is 2.08. The summed E-state index contributed by atoms with van der Waals surface area (Å²) in [5, 5.41) is 0.803.